The Morgan fingerprint density at radius 2 is 1.80 bits per heavy atom. The van der Waals surface area contributed by atoms with Gasteiger partial charge in [0.2, 0.25) is 5.01 Å². The quantitative estimate of drug-likeness (QED) is 0.608. The van der Waals surface area contributed by atoms with Crippen LogP contribution in [0.5, 0.6) is 0 Å². The summed E-state index contributed by atoms with van der Waals surface area (Å²) in [7, 11) is 0. The lowest BCUT2D eigenvalue weighted by molar-refractivity contribution is -0.144. The van der Waals surface area contributed by atoms with Gasteiger partial charge in [-0.1, -0.05) is 0 Å². The van der Waals surface area contributed by atoms with E-state index in [0.29, 0.717) is 5.69 Å². The summed E-state index contributed by atoms with van der Waals surface area (Å²) in [5.41, 5.74) is 0.463. The van der Waals surface area contributed by atoms with E-state index in [-0.39, 0.29) is 42.8 Å². The minimum absolute atomic E-state index is 0.00574. The molecule has 0 aromatic carbocycles. The van der Waals surface area contributed by atoms with E-state index in [1.54, 1.807) is 12.3 Å². The summed E-state index contributed by atoms with van der Waals surface area (Å²) in [6, 6.07) is -0.191. The summed E-state index contributed by atoms with van der Waals surface area (Å²) < 4.78 is 10.1. The van der Waals surface area contributed by atoms with Gasteiger partial charge in [-0.25, -0.2) is 14.6 Å². The average molecular weight is 436 g/mol. The predicted molar refractivity (Wildman–Crippen MR) is 110 cm³/mol. The molecule has 4 aliphatic carbocycles. The van der Waals surface area contributed by atoms with E-state index < -0.39 is 11.9 Å². The zero-order valence-corrected chi connectivity index (χ0v) is 18.1. The first-order valence-electron chi connectivity index (χ1n) is 10.8. The number of hydrogen-bond acceptors (Lipinski definition) is 7. The second-order valence-electron chi connectivity index (χ2n) is 8.85. The van der Waals surface area contributed by atoms with Crippen LogP contribution in [0.25, 0.3) is 0 Å². The standard InChI is InChI=1S/C21H29N3O5S/c1-2-28-19(26)18-23-16(12-30-18)11-29-17(25)3-4-22-20(27)24-21-8-13-5-14(9-21)7-15(6-13)10-21/h12-15H,2-11H2,1H3,(H2,22,24,27). The lowest BCUT2D eigenvalue weighted by Crippen LogP contribution is -2.61. The third kappa shape index (κ3) is 4.94. The Labute approximate surface area is 180 Å². The molecule has 1 aromatic heterocycles. The number of thiazole rings is 1. The van der Waals surface area contributed by atoms with E-state index in [9.17, 15) is 14.4 Å². The lowest BCUT2D eigenvalue weighted by Gasteiger charge is -2.56. The van der Waals surface area contributed by atoms with Gasteiger partial charge in [0.05, 0.1) is 18.7 Å². The van der Waals surface area contributed by atoms with Gasteiger partial charge in [-0.05, 0) is 63.2 Å². The fourth-order valence-corrected chi connectivity index (χ4v) is 6.41. The fourth-order valence-electron chi connectivity index (χ4n) is 5.71. The number of aromatic nitrogens is 1. The highest BCUT2D eigenvalue weighted by Gasteiger charge is 2.51. The maximum Gasteiger partial charge on any atom is 0.367 e. The predicted octanol–water partition coefficient (Wildman–Crippen LogP) is 3.02. The van der Waals surface area contributed by atoms with Crippen LogP contribution in [0.2, 0.25) is 0 Å². The lowest BCUT2D eigenvalue weighted by atomic mass is 9.53. The SMILES string of the molecule is CCOC(=O)c1nc(COC(=O)CCNC(=O)NC23CC4CC(CC(C4)C2)C3)cs1. The Hall–Kier alpha value is -2.16. The van der Waals surface area contributed by atoms with Crippen LogP contribution in [-0.4, -0.2) is 41.6 Å². The smallest absolute Gasteiger partial charge is 0.367 e. The average Bonchev–Trinajstić information content (AvgIpc) is 3.14. The minimum Gasteiger partial charge on any atom is -0.461 e. The maximum absolute atomic E-state index is 12.4. The van der Waals surface area contributed by atoms with E-state index in [2.05, 4.69) is 15.6 Å². The number of amides is 2. The first-order valence-corrected chi connectivity index (χ1v) is 11.7. The van der Waals surface area contributed by atoms with Gasteiger partial charge < -0.3 is 20.1 Å². The van der Waals surface area contributed by atoms with E-state index in [4.69, 9.17) is 9.47 Å². The van der Waals surface area contributed by atoms with Gasteiger partial charge in [-0.2, -0.15) is 0 Å². The van der Waals surface area contributed by atoms with Crippen molar-refractivity contribution >= 4 is 29.3 Å². The number of nitrogens with zero attached hydrogens (tertiary/aromatic N) is 1. The molecule has 2 N–H and O–H groups in total. The van der Waals surface area contributed by atoms with Gasteiger partial charge in [0, 0.05) is 17.5 Å². The summed E-state index contributed by atoms with van der Waals surface area (Å²) >= 11 is 1.16. The van der Waals surface area contributed by atoms with Crippen LogP contribution < -0.4 is 10.6 Å². The second-order valence-corrected chi connectivity index (χ2v) is 9.71. The molecule has 0 spiro atoms. The van der Waals surface area contributed by atoms with Crippen molar-refractivity contribution in [3.63, 3.8) is 0 Å². The van der Waals surface area contributed by atoms with E-state index in [0.717, 1.165) is 48.4 Å². The highest BCUT2D eigenvalue weighted by molar-refractivity contribution is 7.11. The first-order chi connectivity index (χ1) is 14.4. The van der Waals surface area contributed by atoms with Crippen molar-refractivity contribution in [2.75, 3.05) is 13.2 Å². The molecule has 0 atom stereocenters. The van der Waals surface area contributed by atoms with Crippen LogP contribution in [0.1, 0.15) is 67.4 Å². The molecule has 0 aliphatic heterocycles. The van der Waals surface area contributed by atoms with Crippen molar-refractivity contribution < 1.29 is 23.9 Å². The molecule has 1 heterocycles. The van der Waals surface area contributed by atoms with Gasteiger partial charge in [-0.3, -0.25) is 4.79 Å². The van der Waals surface area contributed by atoms with Crippen molar-refractivity contribution in [1.29, 1.82) is 0 Å². The zero-order chi connectivity index (χ0) is 21.1. The van der Waals surface area contributed by atoms with Gasteiger partial charge in [0.1, 0.15) is 6.61 Å². The molecule has 0 radical (unpaired) electrons. The Balaban J connectivity index is 1.15. The van der Waals surface area contributed by atoms with E-state index in [1.807, 2.05) is 0 Å². The summed E-state index contributed by atoms with van der Waals surface area (Å²) in [5.74, 6) is 1.40. The molecule has 4 bridgehead atoms. The molecule has 8 nitrogen and oxygen atoms in total. The van der Waals surface area contributed by atoms with Gasteiger partial charge in [0.15, 0.2) is 0 Å². The molecule has 5 rings (SSSR count). The molecule has 0 unspecified atom stereocenters. The number of hydrogen-bond donors (Lipinski definition) is 2. The molecule has 30 heavy (non-hydrogen) atoms. The van der Waals surface area contributed by atoms with Crippen LogP contribution in [0, 0.1) is 17.8 Å². The Kier molecular flexibility index (Phi) is 6.26. The normalized spacial score (nSPS) is 28.8. The van der Waals surface area contributed by atoms with Crippen molar-refractivity contribution in [2.45, 2.75) is 64.0 Å². The van der Waals surface area contributed by atoms with Gasteiger partial charge in [0.25, 0.3) is 0 Å². The number of carbonyl (C=O) groups excluding carboxylic acids is 3. The number of nitrogens with one attached hydrogen (secondary N) is 2. The van der Waals surface area contributed by atoms with Crippen LogP contribution in [0.4, 0.5) is 4.79 Å². The first kappa shape index (κ1) is 21.1. The molecule has 0 saturated heterocycles. The van der Waals surface area contributed by atoms with Crippen LogP contribution in [0.3, 0.4) is 0 Å². The van der Waals surface area contributed by atoms with E-state index >= 15 is 0 Å². The number of ether oxygens (including phenoxy) is 2. The van der Waals surface area contributed by atoms with Crippen LogP contribution in [-0.2, 0) is 20.9 Å². The number of urea groups is 1. The fraction of sp³-hybridized carbons (Fsp3) is 0.714. The highest BCUT2D eigenvalue weighted by Crippen LogP contribution is 2.55. The van der Waals surface area contributed by atoms with Gasteiger partial charge in [-0.15, -0.1) is 11.3 Å². The van der Waals surface area contributed by atoms with E-state index in [1.165, 1.54) is 19.3 Å². The van der Waals surface area contributed by atoms with Crippen molar-refractivity contribution in [2.24, 2.45) is 17.8 Å². The van der Waals surface area contributed by atoms with Gasteiger partial charge >= 0.3 is 18.0 Å². The molecule has 4 fully saturated rings. The largest absolute Gasteiger partial charge is 0.461 e. The molecule has 1 aromatic rings. The summed E-state index contributed by atoms with van der Waals surface area (Å²) in [5, 5.41) is 7.92. The van der Waals surface area contributed by atoms with Crippen molar-refractivity contribution in [3.05, 3.63) is 16.1 Å². The molecule has 4 saturated carbocycles. The number of rotatable bonds is 8. The van der Waals surface area contributed by atoms with Crippen LogP contribution >= 0.6 is 11.3 Å². The summed E-state index contributed by atoms with van der Waals surface area (Å²) in [6.45, 7) is 2.23. The third-order valence-corrected chi connectivity index (χ3v) is 7.29. The molecule has 164 valence electrons. The summed E-state index contributed by atoms with van der Waals surface area (Å²) in [4.78, 5) is 40.0. The van der Waals surface area contributed by atoms with Crippen LogP contribution in [0.15, 0.2) is 5.38 Å². The third-order valence-electron chi connectivity index (χ3n) is 6.41. The molecule has 2 amide bonds. The zero-order valence-electron chi connectivity index (χ0n) is 17.3. The Morgan fingerprint density at radius 1 is 1.13 bits per heavy atom. The topological polar surface area (TPSA) is 107 Å². The minimum atomic E-state index is -0.477. The molecular weight excluding hydrogens is 406 g/mol. The van der Waals surface area contributed by atoms with Crippen molar-refractivity contribution in [3.8, 4) is 0 Å². The second kappa shape index (κ2) is 8.91. The number of carbonyl (C=O) groups is 3. The number of esters is 2. The maximum atomic E-state index is 12.4. The molecular formula is C21H29N3O5S. The Bertz CT molecular complexity index is 773. The highest BCUT2D eigenvalue weighted by atomic mass is 32.1. The monoisotopic (exact) mass is 435 g/mol. The summed E-state index contributed by atoms with van der Waals surface area (Å²) in [6.07, 6.45) is 7.35. The molecule has 4 aliphatic rings. The Morgan fingerprint density at radius 3 is 2.43 bits per heavy atom. The molecule has 9 heteroatoms. The van der Waals surface area contributed by atoms with Crippen molar-refractivity contribution in [1.82, 2.24) is 15.6 Å².